The number of hydrogen-bond acceptors (Lipinski definition) is 4. The summed E-state index contributed by atoms with van der Waals surface area (Å²) in [5.41, 5.74) is 1.03. The highest BCUT2D eigenvalue weighted by Crippen LogP contribution is 2.19. The Morgan fingerprint density at radius 3 is 2.61 bits per heavy atom. The van der Waals surface area contributed by atoms with Gasteiger partial charge in [0.2, 0.25) is 5.91 Å². The zero-order valence-electron chi connectivity index (χ0n) is 13.5. The number of nitrogens with zero attached hydrogens (tertiary/aromatic N) is 1. The maximum atomic E-state index is 12.5. The van der Waals surface area contributed by atoms with Gasteiger partial charge in [0.25, 0.3) is 5.91 Å². The minimum Gasteiger partial charge on any atom is -0.469 e. The largest absolute Gasteiger partial charge is 0.469 e. The number of hydrogen-bond donors (Lipinski definition) is 1. The van der Waals surface area contributed by atoms with E-state index in [1.165, 1.54) is 7.11 Å². The molecule has 0 bridgehead atoms. The fraction of sp³-hybridized carbons (Fsp3) is 0.471. The van der Waals surface area contributed by atoms with E-state index < -0.39 is 11.9 Å². The van der Waals surface area contributed by atoms with E-state index in [1.807, 2.05) is 4.90 Å². The lowest BCUT2D eigenvalue weighted by Crippen LogP contribution is -2.37. The van der Waals surface area contributed by atoms with Crippen LogP contribution in [0.3, 0.4) is 0 Å². The lowest BCUT2D eigenvalue weighted by Gasteiger charge is -2.30. The van der Waals surface area contributed by atoms with Crippen LogP contribution in [0.25, 0.3) is 0 Å². The van der Waals surface area contributed by atoms with Crippen molar-refractivity contribution in [2.75, 3.05) is 25.5 Å². The summed E-state index contributed by atoms with van der Waals surface area (Å²) in [5, 5.41) is 2.60. The van der Waals surface area contributed by atoms with Crippen molar-refractivity contribution in [1.82, 2.24) is 4.90 Å². The molecule has 2 rings (SSSR count). The van der Waals surface area contributed by atoms with Crippen LogP contribution in [0.2, 0.25) is 0 Å². The van der Waals surface area contributed by atoms with E-state index in [-0.39, 0.29) is 12.3 Å². The van der Waals surface area contributed by atoms with Gasteiger partial charge in [-0.25, -0.2) is 0 Å². The second-order valence-electron chi connectivity index (χ2n) is 5.86. The molecule has 0 unspecified atom stereocenters. The van der Waals surface area contributed by atoms with Crippen LogP contribution in [0, 0.1) is 5.92 Å². The molecule has 1 aliphatic heterocycles. The summed E-state index contributed by atoms with van der Waals surface area (Å²) in [6.45, 7) is 3.72. The smallest absolute Gasteiger partial charge is 0.315 e. The summed E-state index contributed by atoms with van der Waals surface area (Å²) in [5.74, 6) is -0.436. The highest BCUT2D eigenvalue weighted by molar-refractivity contribution is 6.02. The Morgan fingerprint density at radius 2 is 1.96 bits per heavy atom. The zero-order chi connectivity index (χ0) is 16.8. The first-order valence-electron chi connectivity index (χ1n) is 7.75. The molecule has 0 aliphatic carbocycles. The monoisotopic (exact) mass is 318 g/mol. The van der Waals surface area contributed by atoms with Crippen LogP contribution in [0.4, 0.5) is 5.69 Å². The second kappa shape index (κ2) is 7.76. The van der Waals surface area contributed by atoms with Crippen LogP contribution in [-0.2, 0) is 14.3 Å². The summed E-state index contributed by atoms with van der Waals surface area (Å²) in [4.78, 5) is 37.1. The molecule has 1 aromatic carbocycles. The Labute approximate surface area is 135 Å². The van der Waals surface area contributed by atoms with Crippen molar-refractivity contribution < 1.29 is 19.1 Å². The maximum Gasteiger partial charge on any atom is 0.315 e. The molecule has 1 aliphatic rings. The van der Waals surface area contributed by atoms with Gasteiger partial charge in [-0.05, 0) is 37.0 Å². The van der Waals surface area contributed by atoms with Crippen LogP contribution in [0.5, 0.6) is 0 Å². The first-order chi connectivity index (χ1) is 11.0. The molecule has 1 saturated heterocycles. The van der Waals surface area contributed by atoms with E-state index in [0.29, 0.717) is 17.2 Å². The first-order valence-corrected chi connectivity index (χ1v) is 7.75. The molecule has 2 amide bonds. The molecule has 1 fully saturated rings. The third-order valence-corrected chi connectivity index (χ3v) is 4.00. The van der Waals surface area contributed by atoms with E-state index >= 15 is 0 Å². The van der Waals surface area contributed by atoms with Gasteiger partial charge in [-0.1, -0.05) is 13.0 Å². The Hall–Kier alpha value is -2.37. The van der Waals surface area contributed by atoms with E-state index in [1.54, 1.807) is 24.3 Å². The first kappa shape index (κ1) is 17.0. The molecular weight excluding hydrogens is 296 g/mol. The van der Waals surface area contributed by atoms with Gasteiger partial charge < -0.3 is 15.0 Å². The van der Waals surface area contributed by atoms with E-state index in [2.05, 4.69) is 17.0 Å². The van der Waals surface area contributed by atoms with Gasteiger partial charge in [0.15, 0.2) is 0 Å². The molecule has 6 heteroatoms. The number of ether oxygens (including phenoxy) is 1. The van der Waals surface area contributed by atoms with Crippen LogP contribution in [0.15, 0.2) is 24.3 Å². The molecule has 1 aromatic rings. The molecule has 6 nitrogen and oxygen atoms in total. The number of amides is 2. The summed E-state index contributed by atoms with van der Waals surface area (Å²) in [6, 6.07) is 6.77. The van der Waals surface area contributed by atoms with E-state index in [4.69, 9.17) is 0 Å². The minimum atomic E-state index is -0.600. The van der Waals surface area contributed by atoms with Crippen molar-refractivity contribution in [3.8, 4) is 0 Å². The number of carbonyl (C=O) groups is 3. The molecule has 0 saturated carbocycles. The number of esters is 1. The number of carbonyl (C=O) groups excluding carboxylic acids is 3. The van der Waals surface area contributed by atoms with Crippen molar-refractivity contribution >= 4 is 23.5 Å². The van der Waals surface area contributed by atoms with E-state index in [9.17, 15) is 14.4 Å². The zero-order valence-corrected chi connectivity index (χ0v) is 13.5. The summed E-state index contributed by atoms with van der Waals surface area (Å²) >= 11 is 0. The van der Waals surface area contributed by atoms with Crippen molar-refractivity contribution in [2.45, 2.75) is 26.2 Å². The normalized spacial score (nSPS) is 15.1. The maximum absolute atomic E-state index is 12.5. The molecule has 0 radical (unpaired) electrons. The number of nitrogens with one attached hydrogen (secondary N) is 1. The number of piperidine rings is 1. The van der Waals surface area contributed by atoms with Crippen LogP contribution < -0.4 is 5.32 Å². The lowest BCUT2D eigenvalue weighted by molar-refractivity contribution is -0.142. The van der Waals surface area contributed by atoms with Gasteiger partial charge in [0, 0.05) is 24.3 Å². The SMILES string of the molecule is COC(=O)CC(=O)Nc1cccc(C(=O)N2CCC(C)CC2)c1. The fourth-order valence-electron chi connectivity index (χ4n) is 2.53. The summed E-state index contributed by atoms with van der Waals surface area (Å²) in [6.07, 6.45) is 1.68. The van der Waals surface area contributed by atoms with Crippen LogP contribution >= 0.6 is 0 Å². The number of rotatable bonds is 4. The third-order valence-electron chi connectivity index (χ3n) is 4.00. The highest BCUT2D eigenvalue weighted by Gasteiger charge is 2.21. The molecule has 1 heterocycles. The molecule has 0 spiro atoms. The average molecular weight is 318 g/mol. The third kappa shape index (κ3) is 4.81. The average Bonchev–Trinajstić information content (AvgIpc) is 2.55. The van der Waals surface area contributed by atoms with Gasteiger partial charge >= 0.3 is 5.97 Å². The topological polar surface area (TPSA) is 75.7 Å². The summed E-state index contributed by atoms with van der Waals surface area (Å²) < 4.78 is 4.45. The van der Waals surface area contributed by atoms with Crippen molar-refractivity contribution in [2.24, 2.45) is 5.92 Å². The highest BCUT2D eigenvalue weighted by atomic mass is 16.5. The summed E-state index contributed by atoms with van der Waals surface area (Å²) in [7, 11) is 1.23. The lowest BCUT2D eigenvalue weighted by atomic mass is 9.98. The van der Waals surface area contributed by atoms with Gasteiger partial charge in [-0.3, -0.25) is 14.4 Å². The Balaban J connectivity index is 2.00. The minimum absolute atomic E-state index is 0.0269. The standard InChI is InChI=1S/C17H22N2O4/c1-12-6-8-19(9-7-12)17(22)13-4-3-5-14(10-13)18-15(20)11-16(21)23-2/h3-5,10,12H,6-9,11H2,1-2H3,(H,18,20). The quantitative estimate of drug-likeness (QED) is 0.681. The number of methoxy groups -OCH3 is 1. The van der Waals surface area contributed by atoms with Crippen molar-refractivity contribution in [3.63, 3.8) is 0 Å². The molecule has 0 aromatic heterocycles. The predicted molar refractivity (Wildman–Crippen MR) is 86.0 cm³/mol. The molecule has 124 valence electrons. The van der Waals surface area contributed by atoms with Gasteiger partial charge in [0.05, 0.1) is 7.11 Å². The van der Waals surface area contributed by atoms with Gasteiger partial charge in [-0.2, -0.15) is 0 Å². The second-order valence-corrected chi connectivity index (χ2v) is 5.86. The predicted octanol–water partition coefficient (Wildman–Crippen LogP) is 2.06. The fourth-order valence-corrected chi connectivity index (χ4v) is 2.53. The van der Waals surface area contributed by atoms with Crippen LogP contribution in [-0.4, -0.2) is 42.9 Å². The molecule has 23 heavy (non-hydrogen) atoms. The Kier molecular flexibility index (Phi) is 5.73. The van der Waals surface area contributed by atoms with Crippen molar-refractivity contribution in [1.29, 1.82) is 0 Å². The number of anilines is 1. The van der Waals surface area contributed by atoms with Crippen molar-refractivity contribution in [3.05, 3.63) is 29.8 Å². The molecule has 0 atom stereocenters. The van der Waals surface area contributed by atoms with Gasteiger partial charge in [-0.15, -0.1) is 0 Å². The van der Waals surface area contributed by atoms with Gasteiger partial charge in [0.1, 0.15) is 6.42 Å². The Morgan fingerprint density at radius 1 is 1.26 bits per heavy atom. The number of likely N-dealkylation sites (tertiary alicyclic amines) is 1. The number of benzene rings is 1. The molecular formula is C17H22N2O4. The Bertz CT molecular complexity index is 592. The van der Waals surface area contributed by atoms with E-state index in [0.717, 1.165) is 25.9 Å². The van der Waals surface area contributed by atoms with Crippen LogP contribution in [0.1, 0.15) is 36.5 Å². The molecule has 1 N–H and O–H groups in total.